The Balaban J connectivity index is 1.25. The van der Waals surface area contributed by atoms with Crippen LogP contribution in [0.25, 0.3) is 66.2 Å². The fourth-order valence-corrected chi connectivity index (χ4v) is 11.8. The minimum atomic E-state index is -4.34. The van der Waals surface area contributed by atoms with Crippen LogP contribution in [0.2, 0.25) is 0 Å². The standard InChI is InChI=1S/C40H16Cl2N16Si/c41-59(42)57-37-29-30(48-22-14-6-5-13-21(22)47-29)39(57)55-35-27-28(46-20-12-4-3-11-19(20)45-27)36(52-35)56-40-32-31(49-23-15-7-8-16-24(23)50-32)38(58(40)59)54-34-26-25(33(51-34)53-37)43-17-9-1-2-10-18(17)44-26/h1-16H. The zero-order chi connectivity index (χ0) is 38.7. The predicted octanol–water partition coefficient (Wildman–Crippen LogP) is 5.62. The zero-order valence-electron chi connectivity index (χ0n) is 29.6. The number of amidine groups is 4. The molecule has 0 aliphatic carbocycles. The van der Waals surface area contributed by atoms with Gasteiger partial charge in [-0.2, -0.15) is 0 Å². The molecule has 4 aliphatic heterocycles. The molecular weight excluding hydrogens is 804 g/mol. The van der Waals surface area contributed by atoms with Gasteiger partial charge in [0.25, 0.3) is 0 Å². The summed E-state index contributed by atoms with van der Waals surface area (Å²) in [6, 6.07) is 30.2. The van der Waals surface area contributed by atoms with Crippen molar-refractivity contribution in [1.29, 1.82) is 0 Å². The Morgan fingerprint density at radius 2 is 0.610 bits per heavy atom. The van der Waals surface area contributed by atoms with Gasteiger partial charge in [-0.15, -0.1) is 0 Å². The molecule has 19 heteroatoms. The Kier molecular flexibility index (Phi) is 5.80. The lowest BCUT2D eigenvalue weighted by atomic mass is 10.2. The van der Waals surface area contributed by atoms with E-state index in [1.807, 2.05) is 97.1 Å². The summed E-state index contributed by atoms with van der Waals surface area (Å²) >= 11 is 16.1. The van der Waals surface area contributed by atoms with Crippen molar-refractivity contribution in [3.63, 3.8) is 0 Å². The summed E-state index contributed by atoms with van der Waals surface area (Å²) in [4.78, 5) is 71.5. The maximum absolute atomic E-state index is 8.03. The smallest absolute Gasteiger partial charge is 0.291 e. The van der Waals surface area contributed by atoms with E-state index < -0.39 is 7.02 Å². The van der Waals surface area contributed by atoms with E-state index in [0.717, 1.165) is 0 Å². The van der Waals surface area contributed by atoms with Crippen molar-refractivity contribution in [1.82, 2.24) is 48.3 Å². The van der Waals surface area contributed by atoms with Crippen LogP contribution in [0.5, 0.6) is 0 Å². The minimum absolute atomic E-state index is 0.228. The predicted molar refractivity (Wildman–Crippen MR) is 225 cm³/mol. The molecule has 4 aromatic carbocycles. The lowest BCUT2D eigenvalue weighted by Gasteiger charge is -2.23. The molecule has 0 unspecified atom stereocenters. The number of benzene rings is 4. The van der Waals surface area contributed by atoms with Crippen LogP contribution in [0, 0.1) is 0 Å². The maximum Gasteiger partial charge on any atom is 0.484 e. The number of para-hydroxylation sites is 8. The molecule has 0 atom stereocenters. The lowest BCUT2D eigenvalue weighted by molar-refractivity contribution is 0.968. The van der Waals surface area contributed by atoms with Crippen LogP contribution in [-0.2, 0) is 0 Å². The number of fused-ring (bicyclic) bond motifs is 18. The summed E-state index contributed by atoms with van der Waals surface area (Å²) in [6.07, 6.45) is 0. The Hall–Kier alpha value is -7.60. The number of hydrogen-bond acceptors (Lipinski definition) is 14. The third kappa shape index (κ3) is 4.16. The van der Waals surface area contributed by atoms with Crippen molar-refractivity contribution in [2.75, 3.05) is 0 Å². The highest BCUT2D eigenvalue weighted by atomic mass is 35.7. The molecule has 6 bridgehead atoms. The van der Waals surface area contributed by atoms with Gasteiger partial charge in [0.1, 0.15) is 44.8 Å². The number of rotatable bonds is 0. The van der Waals surface area contributed by atoms with E-state index >= 15 is 0 Å². The molecule has 0 amide bonds. The molecule has 0 saturated heterocycles. The summed E-state index contributed by atoms with van der Waals surface area (Å²) < 4.78 is 3.35. The van der Waals surface area contributed by atoms with Crippen LogP contribution in [0.4, 0.5) is 11.6 Å². The Labute approximate surface area is 338 Å². The number of hydrogen-bond donors (Lipinski definition) is 0. The minimum Gasteiger partial charge on any atom is -0.291 e. The van der Waals surface area contributed by atoms with Crippen LogP contribution < -0.4 is 11.0 Å². The molecule has 274 valence electrons. The van der Waals surface area contributed by atoms with Crippen LogP contribution in [0.1, 0.15) is 22.8 Å². The van der Waals surface area contributed by atoms with Crippen LogP contribution in [0.15, 0.2) is 127 Å². The van der Waals surface area contributed by atoms with Gasteiger partial charge in [0.15, 0.2) is 46.0 Å². The van der Waals surface area contributed by atoms with Crippen LogP contribution >= 0.6 is 22.2 Å². The monoisotopic (exact) mass is 818 g/mol. The number of aromatic nitrogens is 10. The van der Waals surface area contributed by atoms with Gasteiger partial charge in [-0.1, -0.05) is 70.7 Å². The number of nitrogens with zero attached hydrogens (tertiary/aromatic N) is 16. The van der Waals surface area contributed by atoms with Gasteiger partial charge in [-0.3, -0.25) is 8.47 Å². The molecule has 16 nitrogen and oxygen atoms in total. The molecule has 0 N–H and O–H groups in total. The van der Waals surface area contributed by atoms with Crippen molar-refractivity contribution in [3.8, 4) is 0 Å². The lowest BCUT2D eigenvalue weighted by Crippen LogP contribution is -2.51. The molecule has 0 fully saturated rings. The van der Waals surface area contributed by atoms with Gasteiger partial charge < -0.3 is 0 Å². The molecule has 14 rings (SSSR count). The molecule has 0 spiro atoms. The van der Waals surface area contributed by atoms with Crippen molar-refractivity contribution in [3.05, 3.63) is 131 Å². The van der Waals surface area contributed by atoms with E-state index in [1.165, 1.54) is 0 Å². The largest absolute Gasteiger partial charge is 0.484 e. The fourth-order valence-electron chi connectivity index (χ4n) is 8.02. The molecule has 59 heavy (non-hydrogen) atoms. The van der Waals surface area contributed by atoms with E-state index in [-0.39, 0.29) is 46.0 Å². The fraction of sp³-hybridized carbons (Fsp3) is 0. The second-order valence-corrected chi connectivity index (χ2v) is 19.7. The van der Waals surface area contributed by atoms with Crippen LogP contribution in [0.3, 0.4) is 0 Å². The first-order chi connectivity index (χ1) is 28.9. The summed E-state index contributed by atoms with van der Waals surface area (Å²) in [5.41, 5.74) is 8.72. The second-order valence-electron chi connectivity index (χ2n) is 14.1. The van der Waals surface area contributed by atoms with Gasteiger partial charge >= 0.3 is 7.02 Å². The highest BCUT2D eigenvalue weighted by molar-refractivity contribution is 7.44. The Bertz CT molecular complexity index is 3720. The second kappa shape index (κ2) is 10.9. The third-order valence-corrected chi connectivity index (χ3v) is 14.6. The number of aliphatic imine (C=N–C) groups is 4. The number of halogens is 2. The van der Waals surface area contributed by atoms with Crippen molar-refractivity contribution >= 4 is 130 Å². The zero-order valence-corrected chi connectivity index (χ0v) is 32.2. The average Bonchev–Trinajstić information content (AvgIpc) is 3.95. The molecule has 10 aromatic rings. The molecule has 6 aromatic heterocycles. The van der Waals surface area contributed by atoms with E-state index in [2.05, 4.69) is 0 Å². The van der Waals surface area contributed by atoms with Crippen molar-refractivity contribution in [2.45, 2.75) is 0 Å². The summed E-state index contributed by atoms with van der Waals surface area (Å²) in [7, 11) is -4.34. The molecule has 0 saturated carbocycles. The Morgan fingerprint density at radius 1 is 0.322 bits per heavy atom. The van der Waals surface area contributed by atoms with E-state index in [1.54, 1.807) is 8.47 Å². The third-order valence-electron chi connectivity index (χ3n) is 10.6. The van der Waals surface area contributed by atoms with Crippen LogP contribution in [-0.4, -0.2) is 78.7 Å². The summed E-state index contributed by atoms with van der Waals surface area (Å²) in [5.74, 6) is 1.40. The van der Waals surface area contributed by atoms with Crippen molar-refractivity contribution in [2.24, 2.45) is 30.0 Å². The van der Waals surface area contributed by atoms with Gasteiger partial charge in [-0.25, -0.2) is 69.8 Å². The summed E-state index contributed by atoms with van der Waals surface area (Å²) in [5, 5.41) is 0. The maximum atomic E-state index is 8.03. The van der Waals surface area contributed by atoms with Gasteiger partial charge in [0.05, 0.1) is 44.1 Å². The first-order valence-corrected chi connectivity index (χ1v) is 22.2. The molecule has 4 aliphatic rings. The highest BCUT2D eigenvalue weighted by Gasteiger charge is 2.47. The van der Waals surface area contributed by atoms with E-state index in [0.29, 0.717) is 89.0 Å². The SMILES string of the molecule is Cl[Si]1(Cl)n2c3c4nc5ccccc5nc4c2N=C2N=C(N=c4c5nc6ccccc6nc5c(n41)=NC1=NC(=N3)c3nc4ccccc4nc31)c1nc3ccccc3nc12. The van der Waals surface area contributed by atoms with Crippen molar-refractivity contribution < 1.29 is 0 Å². The molecule has 0 radical (unpaired) electrons. The first-order valence-electron chi connectivity index (χ1n) is 18.3. The first kappa shape index (κ1) is 31.5. The van der Waals surface area contributed by atoms with E-state index in [4.69, 9.17) is 92.0 Å². The highest BCUT2D eigenvalue weighted by Crippen LogP contribution is 2.43. The topological polar surface area (TPSA) is 187 Å². The van der Waals surface area contributed by atoms with Gasteiger partial charge in [-0.05, 0) is 48.5 Å². The molecule has 10 heterocycles. The van der Waals surface area contributed by atoms with E-state index in [9.17, 15) is 0 Å². The Morgan fingerprint density at radius 3 is 0.949 bits per heavy atom. The summed E-state index contributed by atoms with van der Waals surface area (Å²) in [6.45, 7) is 0. The van der Waals surface area contributed by atoms with Gasteiger partial charge in [0, 0.05) is 0 Å². The average molecular weight is 820 g/mol. The van der Waals surface area contributed by atoms with Gasteiger partial charge in [0.2, 0.25) is 0 Å². The molecular formula is C40H16Cl2N16Si. The quantitative estimate of drug-likeness (QED) is 0.139. The normalized spacial score (nSPS) is 15.8.